The molecule has 98 valence electrons. The predicted molar refractivity (Wildman–Crippen MR) is 79.3 cm³/mol. The van der Waals surface area contributed by atoms with Crippen molar-refractivity contribution < 1.29 is 9.53 Å². The van der Waals surface area contributed by atoms with E-state index in [1.807, 2.05) is 31.2 Å². The van der Waals surface area contributed by atoms with Crippen molar-refractivity contribution in [1.82, 2.24) is 0 Å². The van der Waals surface area contributed by atoms with Gasteiger partial charge in [0.25, 0.3) is 5.91 Å². The van der Waals surface area contributed by atoms with Gasteiger partial charge in [0.2, 0.25) is 0 Å². The molecule has 0 heterocycles. The summed E-state index contributed by atoms with van der Waals surface area (Å²) in [5, 5.41) is 2.84. The lowest BCUT2D eigenvalue weighted by molar-refractivity contribution is 0.102. The molecule has 2 aromatic carbocycles. The fourth-order valence-electron chi connectivity index (χ4n) is 1.66. The van der Waals surface area contributed by atoms with Crippen molar-refractivity contribution in [2.75, 3.05) is 11.9 Å². The average Bonchev–Trinajstić information content (AvgIpc) is 2.42. The molecule has 0 atom stereocenters. The van der Waals surface area contributed by atoms with E-state index in [9.17, 15) is 4.79 Å². The summed E-state index contributed by atoms with van der Waals surface area (Å²) >= 11 is 4.19. The number of carbonyl (C=O) groups excluding carboxylic acids is 1. The largest absolute Gasteiger partial charge is 0.492 e. The number of rotatable bonds is 4. The minimum Gasteiger partial charge on any atom is -0.492 e. The summed E-state index contributed by atoms with van der Waals surface area (Å²) in [4.78, 5) is 12.9. The average molecular weight is 273 g/mol. The lowest BCUT2D eigenvalue weighted by atomic mass is 10.2. The highest BCUT2D eigenvalue weighted by Gasteiger charge is 2.09. The van der Waals surface area contributed by atoms with Gasteiger partial charge in [-0.2, -0.15) is 0 Å². The van der Waals surface area contributed by atoms with Crippen LogP contribution in [-0.2, 0) is 0 Å². The van der Waals surface area contributed by atoms with Crippen LogP contribution in [0.25, 0.3) is 0 Å². The molecule has 0 saturated heterocycles. The zero-order chi connectivity index (χ0) is 13.7. The minimum atomic E-state index is -0.166. The number of benzene rings is 2. The molecule has 0 aliphatic heterocycles. The molecule has 0 bridgehead atoms. The van der Waals surface area contributed by atoms with Crippen LogP contribution in [0.2, 0.25) is 0 Å². The van der Waals surface area contributed by atoms with Crippen molar-refractivity contribution in [2.45, 2.75) is 11.8 Å². The maximum absolute atomic E-state index is 12.1. The van der Waals surface area contributed by atoms with Gasteiger partial charge in [-0.05, 0) is 43.3 Å². The molecule has 2 rings (SSSR count). The van der Waals surface area contributed by atoms with Gasteiger partial charge in [-0.25, -0.2) is 0 Å². The Morgan fingerprint density at radius 3 is 2.53 bits per heavy atom. The highest BCUT2D eigenvalue weighted by molar-refractivity contribution is 7.80. The van der Waals surface area contributed by atoms with Gasteiger partial charge in [-0.15, -0.1) is 12.6 Å². The standard InChI is InChI=1S/C15H15NO2S/c1-2-18-14-6-4-3-5-13(14)16-15(17)11-7-9-12(19)10-8-11/h3-10,19H,2H2,1H3,(H,16,17). The molecule has 2 aromatic rings. The van der Waals surface area contributed by atoms with Crippen LogP contribution in [0.4, 0.5) is 5.69 Å². The molecule has 0 aromatic heterocycles. The van der Waals surface area contributed by atoms with Gasteiger partial charge in [0.05, 0.1) is 12.3 Å². The highest BCUT2D eigenvalue weighted by atomic mass is 32.1. The Hall–Kier alpha value is -1.94. The maximum atomic E-state index is 12.1. The number of thiol groups is 1. The van der Waals surface area contributed by atoms with Crippen LogP contribution in [0.3, 0.4) is 0 Å². The highest BCUT2D eigenvalue weighted by Crippen LogP contribution is 2.24. The smallest absolute Gasteiger partial charge is 0.255 e. The minimum absolute atomic E-state index is 0.166. The molecule has 1 amide bonds. The number of ether oxygens (including phenoxy) is 1. The first kappa shape index (κ1) is 13.5. The molecule has 0 aliphatic carbocycles. The molecule has 19 heavy (non-hydrogen) atoms. The molecule has 1 N–H and O–H groups in total. The zero-order valence-electron chi connectivity index (χ0n) is 10.6. The molecule has 4 heteroatoms. The van der Waals surface area contributed by atoms with Crippen LogP contribution < -0.4 is 10.1 Å². The van der Waals surface area contributed by atoms with E-state index in [0.717, 1.165) is 4.90 Å². The van der Waals surface area contributed by atoms with E-state index in [1.54, 1.807) is 24.3 Å². The van der Waals surface area contributed by atoms with Gasteiger partial charge in [0.15, 0.2) is 0 Å². The van der Waals surface area contributed by atoms with Gasteiger partial charge >= 0.3 is 0 Å². The third kappa shape index (κ3) is 3.51. The predicted octanol–water partition coefficient (Wildman–Crippen LogP) is 3.63. The van der Waals surface area contributed by atoms with E-state index in [2.05, 4.69) is 17.9 Å². The number of nitrogens with one attached hydrogen (secondary N) is 1. The quantitative estimate of drug-likeness (QED) is 0.835. The van der Waals surface area contributed by atoms with Crippen molar-refractivity contribution in [3.05, 3.63) is 54.1 Å². The Morgan fingerprint density at radius 2 is 1.84 bits per heavy atom. The summed E-state index contributed by atoms with van der Waals surface area (Å²) in [6.07, 6.45) is 0. The molecule has 0 fully saturated rings. The van der Waals surface area contributed by atoms with Gasteiger partial charge in [0.1, 0.15) is 5.75 Å². The third-order valence-corrected chi connectivity index (χ3v) is 2.86. The van der Waals surface area contributed by atoms with Crippen molar-refractivity contribution in [3.63, 3.8) is 0 Å². The SMILES string of the molecule is CCOc1ccccc1NC(=O)c1ccc(S)cc1. The summed E-state index contributed by atoms with van der Waals surface area (Å²) in [6, 6.07) is 14.4. The molecule has 0 saturated carbocycles. The first-order valence-corrected chi connectivity index (χ1v) is 6.47. The molecular formula is C15H15NO2S. The van der Waals surface area contributed by atoms with E-state index < -0.39 is 0 Å². The molecule has 0 aliphatic rings. The Labute approximate surface area is 118 Å². The summed E-state index contributed by atoms with van der Waals surface area (Å²) in [5.74, 6) is 0.504. The molecule has 3 nitrogen and oxygen atoms in total. The van der Waals surface area contributed by atoms with Crippen LogP contribution in [0, 0.1) is 0 Å². The Morgan fingerprint density at radius 1 is 1.16 bits per heavy atom. The van der Waals surface area contributed by atoms with E-state index >= 15 is 0 Å². The van der Waals surface area contributed by atoms with Crippen LogP contribution in [0.1, 0.15) is 17.3 Å². The van der Waals surface area contributed by atoms with E-state index in [1.165, 1.54) is 0 Å². The number of amides is 1. The number of hydrogen-bond acceptors (Lipinski definition) is 3. The second-order valence-electron chi connectivity index (χ2n) is 3.93. The second-order valence-corrected chi connectivity index (χ2v) is 4.45. The fourth-order valence-corrected chi connectivity index (χ4v) is 1.81. The van der Waals surface area contributed by atoms with Gasteiger partial charge < -0.3 is 10.1 Å². The second kappa shape index (κ2) is 6.29. The molecule has 0 spiro atoms. The number of hydrogen-bond donors (Lipinski definition) is 2. The lowest BCUT2D eigenvalue weighted by Crippen LogP contribution is -2.12. The van der Waals surface area contributed by atoms with Crippen molar-refractivity contribution in [2.24, 2.45) is 0 Å². The van der Waals surface area contributed by atoms with E-state index in [-0.39, 0.29) is 5.91 Å². The molecule has 0 unspecified atom stereocenters. The normalized spacial score (nSPS) is 10.0. The van der Waals surface area contributed by atoms with Crippen LogP contribution in [0.15, 0.2) is 53.4 Å². The van der Waals surface area contributed by atoms with E-state index in [4.69, 9.17) is 4.74 Å². The van der Waals surface area contributed by atoms with Gasteiger partial charge in [-0.1, -0.05) is 12.1 Å². The molecular weight excluding hydrogens is 258 g/mol. The lowest BCUT2D eigenvalue weighted by Gasteiger charge is -2.11. The van der Waals surface area contributed by atoms with Crippen molar-refractivity contribution in [1.29, 1.82) is 0 Å². The summed E-state index contributed by atoms with van der Waals surface area (Å²) in [7, 11) is 0. The number of para-hydroxylation sites is 2. The Balaban J connectivity index is 2.16. The number of carbonyl (C=O) groups is 1. The summed E-state index contributed by atoms with van der Waals surface area (Å²) in [5.41, 5.74) is 1.26. The fraction of sp³-hybridized carbons (Fsp3) is 0.133. The van der Waals surface area contributed by atoms with Gasteiger partial charge in [-0.3, -0.25) is 4.79 Å². The van der Waals surface area contributed by atoms with Crippen LogP contribution in [0.5, 0.6) is 5.75 Å². The van der Waals surface area contributed by atoms with Crippen molar-refractivity contribution >= 4 is 24.2 Å². The zero-order valence-corrected chi connectivity index (χ0v) is 11.5. The number of anilines is 1. The van der Waals surface area contributed by atoms with Crippen molar-refractivity contribution in [3.8, 4) is 5.75 Å². The van der Waals surface area contributed by atoms with Crippen LogP contribution >= 0.6 is 12.6 Å². The Kier molecular flexibility index (Phi) is 4.47. The molecule has 0 radical (unpaired) electrons. The maximum Gasteiger partial charge on any atom is 0.255 e. The summed E-state index contributed by atoms with van der Waals surface area (Å²) in [6.45, 7) is 2.46. The van der Waals surface area contributed by atoms with Crippen LogP contribution in [-0.4, -0.2) is 12.5 Å². The first-order chi connectivity index (χ1) is 9.20. The Bertz CT molecular complexity index is 567. The van der Waals surface area contributed by atoms with Gasteiger partial charge in [0, 0.05) is 10.5 Å². The third-order valence-electron chi connectivity index (χ3n) is 2.56. The monoisotopic (exact) mass is 273 g/mol. The van der Waals surface area contributed by atoms with E-state index in [0.29, 0.717) is 23.6 Å². The summed E-state index contributed by atoms with van der Waals surface area (Å²) < 4.78 is 5.47. The first-order valence-electron chi connectivity index (χ1n) is 6.03. The topological polar surface area (TPSA) is 38.3 Å².